The molecule has 0 aliphatic carbocycles. The number of halogens is 1. The summed E-state index contributed by atoms with van der Waals surface area (Å²) in [6.07, 6.45) is 1.58. The molecular formula is C22H21BrN2O2S. The fourth-order valence-corrected chi connectivity index (χ4v) is 4.45. The summed E-state index contributed by atoms with van der Waals surface area (Å²) in [6.45, 7) is 4.46. The van der Waals surface area contributed by atoms with Crippen molar-refractivity contribution in [3.05, 3.63) is 62.9 Å². The molecule has 4 nitrogen and oxygen atoms in total. The monoisotopic (exact) mass is 456 g/mol. The Morgan fingerprint density at radius 1 is 1.21 bits per heavy atom. The summed E-state index contributed by atoms with van der Waals surface area (Å²) < 4.78 is 6.87. The Kier molecular flexibility index (Phi) is 5.51. The van der Waals surface area contributed by atoms with Crippen LogP contribution in [0.15, 0.2) is 52.3 Å². The number of carbonyl (C=O) groups excluding carboxylic acids is 1. The summed E-state index contributed by atoms with van der Waals surface area (Å²) in [5, 5.41) is 3.22. The maximum absolute atomic E-state index is 12.9. The predicted molar refractivity (Wildman–Crippen MR) is 117 cm³/mol. The lowest BCUT2D eigenvalue weighted by molar-refractivity contribution is -0.125. The highest BCUT2D eigenvalue weighted by Crippen LogP contribution is 2.38. The molecule has 144 valence electrons. The molecule has 2 aromatic carbocycles. The largest absolute Gasteiger partial charge is 0.479 e. The smallest absolute Gasteiger partial charge is 0.268 e. The van der Waals surface area contributed by atoms with Crippen LogP contribution in [-0.2, 0) is 17.8 Å². The SMILES string of the molecule is CCCc1nc(-c2ccc3c(c2)N(Cc2ccc(Br)cc2)C(=O)C(C)O3)cs1. The molecule has 1 amide bonds. The number of thiazole rings is 1. The van der Waals surface area contributed by atoms with Gasteiger partial charge in [0.05, 0.1) is 22.9 Å². The molecule has 3 aromatic rings. The van der Waals surface area contributed by atoms with Crippen molar-refractivity contribution >= 4 is 38.9 Å². The van der Waals surface area contributed by atoms with Crippen LogP contribution in [0.1, 0.15) is 30.8 Å². The predicted octanol–water partition coefficient (Wildman–Crippen LogP) is 5.84. The molecule has 0 fully saturated rings. The first-order valence-electron chi connectivity index (χ1n) is 9.36. The van der Waals surface area contributed by atoms with Crippen molar-refractivity contribution in [1.29, 1.82) is 0 Å². The molecule has 6 heteroatoms. The number of benzene rings is 2. The van der Waals surface area contributed by atoms with E-state index in [1.807, 2.05) is 47.4 Å². The van der Waals surface area contributed by atoms with Crippen LogP contribution >= 0.6 is 27.3 Å². The number of hydrogen-bond acceptors (Lipinski definition) is 4. The average Bonchev–Trinajstić information content (AvgIpc) is 3.16. The van der Waals surface area contributed by atoms with Crippen molar-refractivity contribution in [2.45, 2.75) is 39.3 Å². The molecule has 1 atom stereocenters. The summed E-state index contributed by atoms with van der Waals surface area (Å²) in [5.41, 5.74) is 3.82. The Bertz CT molecular complexity index is 1000. The molecule has 1 aliphatic rings. The molecule has 0 radical (unpaired) electrons. The molecule has 0 saturated heterocycles. The van der Waals surface area contributed by atoms with E-state index in [1.165, 1.54) is 0 Å². The van der Waals surface area contributed by atoms with Gasteiger partial charge < -0.3 is 9.64 Å². The van der Waals surface area contributed by atoms with Crippen molar-refractivity contribution in [1.82, 2.24) is 4.98 Å². The second kappa shape index (κ2) is 8.05. The van der Waals surface area contributed by atoms with Crippen LogP contribution < -0.4 is 9.64 Å². The van der Waals surface area contributed by atoms with E-state index in [2.05, 4.69) is 28.2 Å². The molecule has 4 rings (SSSR count). The van der Waals surface area contributed by atoms with Gasteiger partial charge in [-0.25, -0.2) is 4.98 Å². The van der Waals surface area contributed by atoms with Crippen molar-refractivity contribution in [2.75, 3.05) is 4.90 Å². The highest BCUT2D eigenvalue weighted by atomic mass is 79.9. The van der Waals surface area contributed by atoms with Crippen molar-refractivity contribution < 1.29 is 9.53 Å². The molecular weight excluding hydrogens is 436 g/mol. The number of aryl methyl sites for hydroxylation is 1. The number of nitrogens with zero attached hydrogens (tertiary/aromatic N) is 2. The van der Waals surface area contributed by atoms with Crippen molar-refractivity contribution in [3.8, 4) is 17.0 Å². The van der Waals surface area contributed by atoms with E-state index in [0.29, 0.717) is 6.54 Å². The van der Waals surface area contributed by atoms with Gasteiger partial charge in [-0.15, -0.1) is 11.3 Å². The van der Waals surface area contributed by atoms with Gasteiger partial charge in [-0.05, 0) is 55.7 Å². The van der Waals surface area contributed by atoms with E-state index < -0.39 is 6.10 Å². The maximum atomic E-state index is 12.9. The van der Waals surface area contributed by atoms with E-state index in [0.717, 1.165) is 50.6 Å². The number of hydrogen-bond donors (Lipinski definition) is 0. The molecule has 0 saturated carbocycles. The first-order valence-corrected chi connectivity index (χ1v) is 11.0. The lowest BCUT2D eigenvalue weighted by Gasteiger charge is -2.33. The van der Waals surface area contributed by atoms with Gasteiger partial charge in [0.25, 0.3) is 5.91 Å². The van der Waals surface area contributed by atoms with Crippen LogP contribution in [0.25, 0.3) is 11.3 Å². The number of amides is 1. The summed E-state index contributed by atoms with van der Waals surface area (Å²) >= 11 is 5.14. The minimum atomic E-state index is -0.496. The molecule has 0 spiro atoms. The van der Waals surface area contributed by atoms with Gasteiger partial charge in [0.1, 0.15) is 5.75 Å². The van der Waals surface area contributed by atoms with E-state index in [4.69, 9.17) is 9.72 Å². The van der Waals surface area contributed by atoms with Gasteiger partial charge in [0, 0.05) is 15.4 Å². The van der Waals surface area contributed by atoms with Crippen LogP contribution in [0.4, 0.5) is 5.69 Å². The summed E-state index contributed by atoms with van der Waals surface area (Å²) in [6, 6.07) is 14.0. The fourth-order valence-electron chi connectivity index (χ4n) is 3.27. The molecule has 1 aliphatic heterocycles. The summed E-state index contributed by atoms with van der Waals surface area (Å²) in [7, 11) is 0. The third kappa shape index (κ3) is 3.84. The van der Waals surface area contributed by atoms with Gasteiger partial charge in [0.2, 0.25) is 0 Å². The minimum absolute atomic E-state index is 0.0301. The van der Waals surface area contributed by atoms with E-state index in [-0.39, 0.29) is 5.91 Å². The number of aromatic nitrogens is 1. The first kappa shape index (κ1) is 19.2. The van der Waals surface area contributed by atoms with E-state index >= 15 is 0 Å². The third-order valence-electron chi connectivity index (χ3n) is 4.73. The molecule has 2 heterocycles. The van der Waals surface area contributed by atoms with Gasteiger partial charge in [-0.1, -0.05) is 35.0 Å². The minimum Gasteiger partial charge on any atom is -0.479 e. The Hall–Kier alpha value is -2.18. The van der Waals surface area contributed by atoms with E-state index in [1.54, 1.807) is 18.3 Å². The quantitative estimate of drug-likeness (QED) is 0.484. The zero-order chi connectivity index (χ0) is 19.7. The van der Waals surface area contributed by atoms with Gasteiger partial charge in [-0.3, -0.25) is 4.79 Å². The van der Waals surface area contributed by atoms with Crippen LogP contribution in [0, 0.1) is 0 Å². The van der Waals surface area contributed by atoms with Crippen LogP contribution in [0.2, 0.25) is 0 Å². The topological polar surface area (TPSA) is 42.4 Å². The number of carbonyl (C=O) groups is 1. The Balaban J connectivity index is 1.70. The highest BCUT2D eigenvalue weighted by Gasteiger charge is 2.32. The first-order chi connectivity index (χ1) is 13.5. The van der Waals surface area contributed by atoms with Crippen LogP contribution in [0.3, 0.4) is 0 Å². The summed E-state index contributed by atoms with van der Waals surface area (Å²) in [5.74, 6) is 0.703. The third-order valence-corrected chi connectivity index (χ3v) is 6.17. The second-order valence-electron chi connectivity index (χ2n) is 6.87. The number of fused-ring (bicyclic) bond motifs is 1. The molecule has 0 bridgehead atoms. The highest BCUT2D eigenvalue weighted by molar-refractivity contribution is 9.10. The number of anilines is 1. The lowest BCUT2D eigenvalue weighted by Crippen LogP contribution is -2.44. The van der Waals surface area contributed by atoms with Crippen molar-refractivity contribution in [2.24, 2.45) is 0 Å². The van der Waals surface area contributed by atoms with Crippen LogP contribution in [-0.4, -0.2) is 17.0 Å². The zero-order valence-corrected chi connectivity index (χ0v) is 18.2. The molecule has 28 heavy (non-hydrogen) atoms. The Labute approximate surface area is 177 Å². The van der Waals surface area contributed by atoms with Gasteiger partial charge in [0.15, 0.2) is 6.10 Å². The fraction of sp³-hybridized carbons (Fsp3) is 0.273. The normalized spacial score (nSPS) is 16.0. The lowest BCUT2D eigenvalue weighted by atomic mass is 10.1. The van der Waals surface area contributed by atoms with Crippen LogP contribution in [0.5, 0.6) is 5.75 Å². The maximum Gasteiger partial charge on any atom is 0.268 e. The number of rotatable bonds is 5. The molecule has 0 N–H and O–H groups in total. The van der Waals surface area contributed by atoms with Crippen molar-refractivity contribution in [3.63, 3.8) is 0 Å². The molecule has 1 aromatic heterocycles. The number of ether oxygens (including phenoxy) is 1. The van der Waals surface area contributed by atoms with Gasteiger partial charge in [-0.2, -0.15) is 0 Å². The zero-order valence-electron chi connectivity index (χ0n) is 15.8. The second-order valence-corrected chi connectivity index (χ2v) is 8.73. The Morgan fingerprint density at radius 3 is 2.75 bits per heavy atom. The standard InChI is InChI=1S/C22H21BrN2O2S/c1-3-4-21-24-18(13-28-21)16-7-10-20-19(11-16)25(22(26)14(2)27-20)12-15-5-8-17(23)9-6-15/h5-11,13-14H,3-4,12H2,1-2H3. The molecule has 1 unspecified atom stereocenters. The van der Waals surface area contributed by atoms with Gasteiger partial charge >= 0.3 is 0 Å². The average molecular weight is 457 g/mol. The Morgan fingerprint density at radius 2 is 2.00 bits per heavy atom. The summed E-state index contributed by atoms with van der Waals surface area (Å²) in [4.78, 5) is 19.4. The van der Waals surface area contributed by atoms with E-state index in [9.17, 15) is 4.79 Å².